The summed E-state index contributed by atoms with van der Waals surface area (Å²) in [6.07, 6.45) is 7.43. The SMILES string of the molecule is Bc1c(B)c(B)c(C#Cc2cc3c(cc2C=O)C2CCCC3CC2)c(B)c1B. The first-order valence-corrected chi connectivity index (χ1v) is 10.6. The summed E-state index contributed by atoms with van der Waals surface area (Å²) in [5.74, 6) is 8.12. The van der Waals surface area contributed by atoms with Gasteiger partial charge in [-0.15, -0.1) is 16.4 Å². The Balaban J connectivity index is 1.85. The fourth-order valence-corrected chi connectivity index (χ4v) is 5.30. The molecule has 6 heteroatoms. The summed E-state index contributed by atoms with van der Waals surface area (Å²) in [4.78, 5) is 11.8. The van der Waals surface area contributed by atoms with Gasteiger partial charge in [-0.2, -0.15) is 0 Å². The first-order chi connectivity index (χ1) is 13.4. The average molecular weight is 360 g/mol. The van der Waals surface area contributed by atoms with Crippen LogP contribution in [-0.4, -0.2) is 45.5 Å². The van der Waals surface area contributed by atoms with E-state index < -0.39 is 0 Å². The van der Waals surface area contributed by atoms with E-state index in [9.17, 15) is 4.79 Å². The molecule has 0 saturated heterocycles. The average Bonchev–Trinajstić information content (AvgIpc) is 3.05. The molecule has 1 saturated carbocycles. The fourth-order valence-electron chi connectivity index (χ4n) is 5.30. The normalized spacial score (nSPS) is 20.0. The van der Waals surface area contributed by atoms with Crippen molar-refractivity contribution in [1.82, 2.24) is 0 Å². The molecule has 134 valence electrons. The maximum Gasteiger partial charge on any atom is 0.151 e. The second-order valence-electron chi connectivity index (χ2n) is 8.84. The fraction of sp³-hybridized carbons (Fsp3) is 0.318. The third kappa shape index (κ3) is 3.10. The molecule has 3 aliphatic carbocycles. The van der Waals surface area contributed by atoms with Crippen LogP contribution in [0.3, 0.4) is 0 Å². The van der Waals surface area contributed by atoms with E-state index in [4.69, 9.17) is 0 Å². The molecule has 1 fully saturated rings. The molecule has 0 amide bonds. The van der Waals surface area contributed by atoms with E-state index >= 15 is 0 Å². The summed E-state index contributed by atoms with van der Waals surface area (Å²) in [7, 11) is 10.9. The number of rotatable bonds is 1. The van der Waals surface area contributed by atoms with Crippen LogP contribution < -0.4 is 27.3 Å². The summed E-state index contributed by atoms with van der Waals surface area (Å²) in [6, 6.07) is 4.40. The van der Waals surface area contributed by atoms with Crippen LogP contribution in [0.5, 0.6) is 0 Å². The maximum absolute atomic E-state index is 11.8. The van der Waals surface area contributed by atoms with Crippen LogP contribution in [-0.2, 0) is 0 Å². The highest BCUT2D eigenvalue weighted by molar-refractivity contribution is 6.67. The Labute approximate surface area is 173 Å². The molecular formula is C22H25B5O. The molecule has 3 aliphatic rings. The van der Waals surface area contributed by atoms with Crippen LogP contribution >= 0.6 is 0 Å². The Morgan fingerprint density at radius 1 is 0.750 bits per heavy atom. The first kappa shape index (κ1) is 19.3. The van der Waals surface area contributed by atoms with E-state index in [1.54, 1.807) is 0 Å². The molecule has 28 heavy (non-hydrogen) atoms. The number of hydrogen-bond acceptors (Lipinski definition) is 1. The molecule has 0 aliphatic heterocycles. The van der Waals surface area contributed by atoms with Crippen molar-refractivity contribution in [2.75, 3.05) is 0 Å². The Morgan fingerprint density at radius 3 is 1.86 bits per heavy atom. The van der Waals surface area contributed by atoms with Crippen molar-refractivity contribution in [3.63, 3.8) is 0 Å². The minimum atomic E-state index is 0.640. The lowest BCUT2D eigenvalue weighted by Gasteiger charge is -2.28. The summed E-state index contributed by atoms with van der Waals surface area (Å²) in [5, 5.41) is 0. The quantitative estimate of drug-likeness (QED) is 0.291. The minimum absolute atomic E-state index is 0.640. The topological polar surface area (TPSA) is 17.1 Å². The number of carbonyl (C=O) groups is 1. The molecule has 2 bridgehead atoms. The van der Waals surface area contributed by atoms with Gasteiger partial charge in [-0.1, -0.05) is 29.2 Å². The Morgan fingerprint density at radius 2 is 1.29 bits per heavy atom. The van der Waals surface area contributed by atoms with Crippen LogP contribution in [0.1, 0.15) is 76.6 Å². The molecule has 0 aromatic heterocycles. The third-order valence-electron chi connectivity index (χ3n) is 7.55. The summed E-state index contributed by atoms with van der Waals surface area (Å²) in [6.45, 7) is 0. The smallest absolute Gasteiger partial charge is 0.151 e. The van der Waals surface area contributed by atoms with Crippen molar-refractivity contribution < 1.29 is 4.79 Å². The monoisotopic (exact) mass is 360 g/mol. The Kier molecular flexibility index (Phi) is 5.13. The van der Waals surface area contributed by atoms with Crippen molar-refractivity contribution in [2.24, 2.45) is 0 Å². The van der Waals surface area contributed by atoms with Crippen LogP contribution in [0.2, 0.25) is 0 Å². The number of carbonyl (C=O) groups excluding carboxylic acids is 1. The molecule has 0 N–H and O–H groups in total. The van der Waals surface area contributed by atoms with E-state index in [0.717, 1.165) is 23.0 Å². The molecule has 2 atom stereocenters. The molecular weight excluding hydrogens is 334 g/mol. The summed E-state index contributed by atoms with van der Waals surface area (Å²) < 4.78 is 0. The number of aldehydes is 1. The second kappa shape index (κ2) is 7.43. The zero-order chi connectivity index (χ0) is 20.0. The lowest BCUT2D eigenvalue weighted by atomic mass is 9.60. The van der Waals surface area contributed by atoms with E-state index in [1.165, 1.54) is 70.5 Å². The van der Waals surface area contributed by atoms with E-state index in [1.807, 2.05) is 0 Å². The van der Waals surface area contributed by atoms with Crippen molar-refractivity contribution >= 4 is 72.8 Å². The number of benzene rings is 2. The Bertz CT molecular complexity index is 1010. The van der Waals surface area contributed by atoms with Gasteiger partial charge in [0, 0.05) is 16.7 Å². The summed E-state index contributed by atoms with van der Waals surface area (Å²) >= 11 is 0. The van der Waals surface area contributed by atoms with Gasteiger partial charge in [0.15, 0.2) is 6.29 Å². The molecule has 5 rings (SSSR count). The van der Waals surface area contributed by atoms with E-state index in [0.29, 0.717) is 11.8 Å². The lowest BCUT2D eigenvalue weighted by Crippen LogP contribution is -2.55. The lowest BCUT2D eigenvalue weighted by molar-refractivity contribution is 0.112. The Hall–Kier alpha value is -2.01. The zero-order valence-corrected chi connectivity index (χ0v) is 17.8. The predicted molar refractivity (Wildman–Crippen MR) is 134 cm³/mol. The molecule has 0 spiro atoms. The molecule has 2 unspecified atom stereocenters. The van der Waals surface area contributed by atoms with Crippen LogP contribution in [0.25, 0.3) is 0 Å². The third-order valence-corrected chi connectivity index (χ3v) is 7.55. The van der Waals surface area contributed by atoms with Gasteiger partial charge in [0.2, 0.25) is 0 Å². The highest BCUT2D eigenvalue weighted by atomic mass is 16.1. The van der Waals surface area contributed by atoms with Gasteiger partial charge in [0.25, 0.3) is 0 Å². The highest BCUT2D eigenvalue weighted by Gasteiger charge is 2.31. The van der Waals surface area contributed by atoms with Crippen molar-refractivity contribution in [3.05, 3.63) is 39.9 Å². The molecule has 2 aromatic rings. The minimum Gasteiger partial charge on any atom is -0.298 e. The number of hydrogen-bond donors (Lipinski definition) is 0. The molecule has 1 nitrogen and oxygen atoms in total. The van der Waals surface area contributed by atoms with Gasteiger partial charge >= 0.3 is 0 Å². The van der Waals surface area contributed by atoms with Gasteiger partial charge in [0.05, 0.1) is 0 Å². The van der Waals surface area contributed by atoms with Crippen molar-refractivity contribution in [1.29, 1.82) is 0 Å². The van der Waals surface area contributed by atoms with Gasteiger partial charge in [-0.05, 0) is 60.8 Å². The van der Waals surface area contributed by atoms with E-state index in [2.05, 4.69) is 63.2 Å². The molecule has 2 aromatic carbocycles. The van der Waals surface area contributed by atoms with Crippen LogP contribution in [0, 0.1) is 11.8 Å². The highest BCUT2D eigenvalue weighted by Crippen LogP contribution is 2.47. The molecule has 0 heterocycles. The first-order valence-electron chi connectivity index (χ1n) is 10.6. The predicted octanol–water partition coefficient (Wildman–Crippen LogP) is -3.66. The van der Waals surface area contributed by atoms with Crippen LogP contribution in [0.4, 0.5) is 0 Å². The number of fused-ring (bicyclic) bond motifs is 3. The molecule has 0 radical (unpaired) electrons. The van der Waals surface area contributed by atoms with Crippen LogP contribution in [0.15, 0.2) is 12.1 Å². The second-order valence-corrected chi connectivity index (χ2v) is 8.84. The van der Waals surface area contributed by atoms with Gasteiger partial charge < -0.3 is 0 Å². The zero-order valence-electron chi connectivity index (χ0n) is 17.8. The standard InChI is InChI=1S/C22H25B5O/c23-18-15(19(24)21(26)22(27)20(18)25)7-6-13-8-16-11-2-1-3-12(5-4-11)17(16)9-14(13)10-28/h8-12H,1-5,23-27H2. The van der Waals surface area contributed by atoms with Gasteiger partial charge in [0.1, 0.15) is 39.2 Å². The van der Waals surface area contributed by atoms with Crippen molar-refractivity contribution in [2.45, 2.75) is 43.9 Å². The van der Waals surface area contributed by atoms with Crippen molar-refractivity contribution in [3.8, 4) is 11.8 Å². The summed E-state index contributed by atoms with van der Waals surface area (Å²) in [5.41, 5.74) is 12.2. The van der Waals surface area contributed by atoms with Gasteiger partial charge in [-0.3, -0.25) is 4.79 Å². The maximum atomic E-state index is 11.8. The van der Waals surface area contributed by atoms with E-state index in [-0.39, 0.29) is 0 Å². The van der Waals surface area contributed by atoms with Gasteiger partial charge in [-0.25, -0.2) is 0 Å². The largest absolute Gasteiger partial charge is 0.298 e.